The average molecular weight is 350 g/mol. The third-order valence-corrected chi connectivity index (χ3v) is 5.87. The third-order valence-electron chi connectivity index (χ3n) is 4.87. The molecule has 0 unspecified atom stereocenters. The lowest BCUT2D eigenvalue weighted by molar-refractivity contribution is 0.152. The fourth-order valence-corrected chi connectivity index (χ4v) is 4.15. The number of benzene rings is 1. The summed E-state index contributed by atoms with van der Waals surface area (Å²) in [4.78, 5) is 8.07. The van der Waals surface area contributed by atoms with E-state index in [1.165, 1.54) is 27.1 Å². The van der Waals surface area contributed by atoms with Gasteiger partial charge < -0.3 is 4.74 Å². The summed E-state index contributed by atoms with van der Waals surface area (Å²) in [5, 5.41) is 2.18. The van der Waals surface area contributed by atoms with Crippen LogP contribution in [0.3, 0.4) is 0 Å². The molecule has 0 saturated carbocycles. The lowest BCUT2D eigenvalue weighted by atomic mass is 10.0. The van der Waals surface area contributed by atoms with E-state index in [2.05, 4.69) is 65.5 Å². The summed E-state index contributed by atoms with van der Waals surface area (Å²) in [7, 11) is 0. The largest absolute Gasteiger partial charge is 0.492 e. The van der Waals surface area contributed by atoms with Gasteiger partial charge in [0, 0.05) is 42.0 Å². The van der Waals surface area contributed by atoms with Crippen molar-refractivity contribution in [2.24, 2.45) is 0 Å². The first kappa shape index (κ1) is 16.3. The molecule has 128 valence electrons. The molecular weight excluding hydrogens is 328 g/mol. The first-order valence-corrected chi connectivity index (χ1v) is 9.52. The van der Waals surface area contributed by atoms with E-state index in [9.17, 15) is 0 Å². The van der Waals surface area contributed by atoms with Gasteiger partial charge in [-0.2, -0.15) is 0 Å². The van der Waals surface area contributed by atoms with E-state index in [0.717, 1.165) is 25.4 Å². The quantitative estimate of drug-likeness (QED) is 0.672. The van der Waals surface area contributed by atoms with Crippen molar-refractivity contribution in [3.05, 3.63) is 70.2 Å². The van der Waals surface area contributed by atoms with Crippen LogP contribution in [0.15, 0.2) is 54.2 Å². The maximum absolute atomic E-state index is 6.08. The zero-order valence-electron chi connectivity index (χ0n) is 14.6. The van der Waals surface area contributed by atoms with Crippen molar-refractivity contribution in [1.29, 1.82) is 0 Å². The molecule has 0 radical (unpaired) electrons. The van der Waals surface area contributed by atoms with Crippen LogP contribution in [0.5, 0.6) is 5.75 Å². The fraction of sp³-hybridized carbons (Fsp3) is 0.286. The first-order valence-electron chi connectivity index (χ1n) is 8.64. The Morgan fingerprint density at radius 2 is 2.00 bits per heavy atom. The van der Waals surface area contributed by atoms with Crippen LogP contribution in [0.25, 0.3) is 11.1 Å². The molecular formula is C21H22N2OS. The molecule has 0 N–H and O–H groups in total. The topological polar surface area (TPSA) is 25.4 Å². The van der Waals surface area contributed by atoms with Crippen LogP contribution in [0.4, 0.5) is 0 Å². The maximum Gasteiger partial charge on any atom is 0.123 e. The first-order chi connectivity index (χ1) is 12.2. The Morgan fingerprint density at radius 3 is 2.76 bits per heavy atom. The second-order valence-corrected chi connectivity index (χ2v) is 7.65. The molecule has 0 bridgehead atoms. The predicted molar refractivity (Wildman–Crippen MR) is 103 cm³/mol. The number of aromatic nitrogens is 1. The lowest BCUT2D eigenvalue weighted by Gasteiger charge is -2.25. The summed E-state index contributed by atoms with van der Waals surface area (Å²) < 4.78 is 6.08. The van der Waals surface area contributed by atoms with Crippen LogP contribution in [0, 0.1) is 6.92 Å². The number of hydrogen-bond donors (Lipinski definition) is 0. The van der Waals surface area contributed by atoms with Gasteiger partial charge in [-0.05, 0) is 66.2 Å². The fourth-order valence-electron chi connectivity index (χ4n) is 3.22. The number of aryl methyl sites for hydroxylation is 1. The van der Waals surface area contributed by atoms with E-state index in [0.29, 0.717) is 6.04 Å². The third kappa shape index (κ3) is 3.46. The van der Waals surface area contributed by atoms with E-state index in [4.69, 9.17) is 4.74 Å². The van der Waals surface area contributed by atoms with Crippen LogP contribution in [0.1, 0.15) is 22.9 Å². The number of hydrogen-bond acceptors (Lipinski definition) is 4. The SMILES string of the molecule is Cc1ccsc1CN1Cc2cc(-c3ccncc3)ccc2OC[C@@H]1C. The Hall–Kier alpha value is -2.17. The summed E-state index contributed by atoms with van der Waals surface area (Å²) in [6.45, 7) is 7.06. The van der Waals surface area contributed by atoms with E-state index < -0.39 is 0 Å². The average Bonchev–Trinajstić information content (AvgIpc) is 2.97. The molecule has 2 aromatic heterocycles. The molecule has 1 aromatic carbocycles. The molecule has 4 rings (SSSR count). The van der Waals surface area contributed by atoms with Crippen LogP contribution >= 0.6 is 11.3 Å². The van der Waals surface area contributed by atoms with Gasteiger partial charge >= 0.3 is 0 Å². The number of ether oxygens (including phenoxy) is 1. The second kappa shape index (κ2) is 6.98. The number of rotatable bonds is 3. The molecule has 0 saturated heterocycles. The molecule has 3 heterocycles. The summed E-state index contributed by atoms with van der Waals surface area (Å²) in [6.07, 6.45) is 3.68. The molecule has 0 fully saturated rings. The van der Waals surface area contributed by atoms with Gasteiger partial charge in [-0.3, -0.25) is 9.88 Å². The predicted octanol–water partition coefficient (Wildman–Crippen LogP) is 4.90. The minimum absolute atomic E-state index is 0.387. The van der Waals surface area contributed by atoms with Crippen molar-refractivity contribution in [2.75, 3.05) is 6.61 Å². The minimum atomic E-state index is 0.387. The van der Waals surface area contributed by atoms with E-state index in [-0.39, 0.29) is 0 Å². The number of fused-ring (bicyclic) bond motifs is 1. The van der Waals surface area contributed by atoms with Crippen molar-refractivity contribution in [3.8, 4) is 16.9 Å². The molecule has 1 aliphatic rings. The zero-order chi connectivity index (χ0) is 17.2. The van der Waals surface area contributed by atoms with Crippen LogP contribution in [-0.4, -0.2) is 22.5 Å². The van der Waals surface area contributed by atoms with Crippen molar-refractivity contribution >= 4 is 11.3 Å². The van der Waals surface area contributed by atoms with Crippen LogP contribution in [-0.2, 0) is 13.1 Å². The van der Waals surface area contributed by atoms with E-state index >= 15 is 0 Å². The Labute approximate surface area is 152 Å². The van der Waals surface area contributed by atoms with Gasteiger partial charge in [-0.1, -0.05) is 6.07 Å². The van der Waals surface area contributed by atoms with Crippen molar-refractivity contribution in [2.45, 2.75) is 33.0 Å². The summed E-state index contributed by atoms with van der Waals surface area (Å²) in [6, 6.07) is 13.2. The molecule has 0 amide bonds. The summed E-state index contributed by atoms with van der Waals surface area (Å²) in [5.41, 5.74) is 5.04. The van der Waals surface area contributed by atoms with E-state index in [1.54, 1.807) is 0 Å². The van der Waals surface area contributed by atoms with Crippen LogP contribution < -0.4 is 4.74 Å². The summed E-state index contributed by atoms with van der Waals surface area (Å²) >= 11 is 1.84. The molecule has 1 aliphatic heterocycles. The molecule has 0 aliphatic carbocycles. The Bertz CT molecular complexity index is 859. The molecule has 0 spiro atoms. The summed E-state index contributed by atoms with van der Waals surface area (Å²) in [5.74, 6) is 1.01. The number of thiophene rings is 1. The van der Waals surface area contributed by atoms with E-state index in [1.807, 2.05) is 23.7 Å². The van der Waals surface area contributed by atoms with Gasteiger partial charge in [0.1, 0.15) is 12.4 Å². The smallest absolute Gasteiger partial charge is 0.123 e. The van der Waals surface area contributed by atoms with Gasteiger partial charge in [0.25, 0.3) is 0 Å². The highest BCUT2D eigenvalue weighted by Crippen LogP contribution is 2.31. The molecule has 25 heavy (non-hydrogen) atoms. The standard InChI is InChI=1S/C21H22N2OS/c1-15-7-10-25-21(15)13-23-12-19-11-18(17-5-8-22-9-6-17)3-4-20(19)24-14-16(23)2/h3-11,16H,12-14H2,1-2H3/t16-/m0/s1. The van der Waals surface area contributed by atoms with Gasteiger partial charge in [0.15, 0.2) is 0 Å². The van der Waals surface area contributed by atoms with Crippen molar-refractivity contribution in [3.63, 3.8) is 0 Å². The number of nitrogens with zero attached hydrogens (tertiary/aromatic N) is 2. The molecule has 1 atom stereocenters. The Balaban J connectivity index is 1.64. The normalized spacial score (nSPS) is 17.6. The van der Waals surface area contributed by atoms with Gasteiger partial charge in [0.05, 0.1) is 0 Å². The maximum atomic E-state index is 6.08. The van der Waals surface area contributed by atoms with Gasteiger partial charge in [-0.25, -0.2) is 0 Å². The Kier molecular flexibility index (Phi) is 4.55. The highest BCUT2D eigenvalue weighted by molar-refractivity contribution is 7.10. The zero-order valence-corrected chi connectivity index (χ0v) is 15.4. The Morgan fingerprint density at radius 1 is 1.16 bits per heavy atom. The number of pyridine rings is 1. The lowest BCUT2D eigenvalue weighted by Crippen LogP contribution is -2.34. The molecule has 3 aromatic rings. The molecule has 3 nitrogen and oxygen atoms in total. The van der Waals surface area contributed by atoms with Gasteiger partial charge in [-0.15, -0.1) is 11.3 Å². The second-order valence-electron chi connectivity index (χ2n) is 6.65. The van der Waals surface area contributed by atoms with Crippen molar-refractivity contribution < 1.29 is 4.74 Å². The van der Waals surface area contributed by atoms with Crippen molar-refractivity contribution in [1.82, 2.24) is 9.88 Å². The van der Waals surface area contributed by atoms with Gasteiger partial charge in [0.2, 0.25) is 0 Å². The molecule has 4 heteroatoms. The minimum Gasteiger partial charge on any atom is -0.492 e. The highest BCUT2D eigenvalue weighted by atomic mass is 32.1. The monoisotopic (exact) mass is 350 g/mol. The van der Waals surface area contributed by atoms with Crippen LogP contribution in [0.2, 0.25) is 0 Å². The highest BCUT2D eigenvalue weighted by Gasteiger charge is 2.22.